The summed E-state index contributed by atoms with van der Waals surface area (Å²) in [5.74, 6) is -2.96. The van der Waals surface area contributed by atoms with Crippen molar-refractivity contribution in [2.45, 2.75) is 17.9 Å². The number of halogens is 3. The highest BCUT2D eigenvalue weighted by atomic mass is 35.5. The zero-order valence-electron chi connectivity index (χ0n) is 7.10. The van der Waals surface area contributed by atoms with Gasteiger partial charge in [-0.05, 0) is 17.7 Å². The molecule has 1 aliphatic carbocycles. The number of nitrogens with two attached hydrogens (primary N) is 1. The summed E-state index contributed by atoms with van der Waals surface area (Å²) >= 11 is 5.71. The molecular formula is C9H8ClF2NO. The Kier molecular flexibility index (Phi) is 1.78. The van der Waals surface area contributed by atoms with Gasteiger partial charge < -0.3 is 10.8 Å². The van der Waals surface area contributed by atoms with Crippen molar-refractivity contribution >= 4 is 11.6 Å². The van der Waals surface area contributed by atoms with Gasteiger partial charge in [-0.25, -0.2) is 8.78 Å². The molecular weight excluding hydrogens is 212 g/mol. The van der Waals surface area contributed by atoms with E-state index in [1.165, 1.54) is 18.2 Å². The smallest absolute Gasteiger partial charge is 0.272 e. The minimum absolute atomic E-state index is 0.0636. The Labute approximate surface area is 84.3 Å². The van der Waals surface area contributed by atoms with E-state index in [0.717, 1.165) is 0 Å². The number of rotatable bonds is 1. The van der Waals surface area contributed by atoms with E-state index in [-0.39, 0.29) is 16.3 Å². The minimum Gasteiger partial charge on any atom is -0.508 e. The van der Waals surface area contributed by atoms with Gasteiger partial charge in [0.1, 0.15) is 11.3 Å². The SMILES string of the molecule is NC1(c2ccc(O)cc2Cl)CC1(F)F. The van der Waals surface area contributed by atoms with E-state index in [0.29, 0.717) is 0 Å². The topological polar surface area (TPSA) is 46.2 Å². The lowest BCUT2D eigenvalue weighted by atomic mass is 10.1. The second-order valence-corrected chi connectivity index (χ2v) is 3.92. The predicted octanol–water partition coefficient (Wildman–Crippen LogP) is 2.24. The third-order valence-electron chi connectivity index (χ3n) is 2.46. The summed E-state index contributed by atoms with van der Waals surface area (Å²) in [5, 5.41) is 9.11. The summed E-state index contributed by atoms with van der Waals surface area (Å²) in [6.07, 6.45) is -0.398. The Balaban J connectivity index is 2.45. The van der Waals surface area contributed by atoms with E-state index in [4.69, 9.17) is 22.4 Å². The molecule has 0 aromatic heterocycles. The monoisotopic (exact) mass is 219 g/mol. The molecule has 1 saturated carbocycles. The van der Waals surface area contributed by atoms with E-state index in [1.54, 1.807) is 0 Å². The zero-order valence-corrected chi connectivity index (χ0v) is 7.85. The normalized spacial score (nSPS) is 28.9. The number of hydrogen-bond donors (Lipinski definition) is 2. The van der Waals surface area contributed by atoms with Gasteiger partial charge in [-0.15, -0.1) is 0 Å². The van der Waals surface area contributed by atoms with Crippen LogP contribution >= 0.6 is 11.6 Å². The molecule has 0 aliphatic heterocycles. The molecule has 0 spiro atoms. The first-order valence-electron chi connectivity index (χ1n) is 4.02. The molecule has 1 aromatic carbocycles. The van der Waals surface area contributed by atoms with E-state index < -0.39 is 17.9 Å². The van der Waals surface area contributed by atoms with Gasteiger partial charge in [-0.1, -0.05) is 17.7 Å². The van der Waals surface area contributed by atoms with Crippen LogP contribution in [0.4, 0.5) is 8.78 Å². The molecule has 2 nitrogen and oxygen atoms in total. The second-order valence-electron chi connectivity index (χ2n) is 3.52. The second kappa shape index (κ2) is 2.58. The van der Waals surface area contributed by atoms with Crippen LogP contribution in [0.5, 0.6) is 5.75 Å². The first-order chi connectivity index (χ1) is 6.37. The Morgan fingerprint density at radius 2 is 2.00 bits per heavy atom. The van der Waals surface area contributed by atoms with Gasteiger partial charge in [0.05, 0.1) is 0 Å². The lowest BCUT2D eigenvalue weighted by molar-refractivity contribution is 0.0891. The van der Waals surface area contributed by atoms with Crippen LogP contribution in [0.25, 0.3) is 0 Å². The largest absolute Gasteiger partial charge is 0.508 e. The van der Waals surface area contributed by atoms with Crippen LogP contribution in [0.1, 0.15) is 12.0 Å². The van der Waals surface area contributed by atoms with E-state index in [2.05, 4.69) is 0 Å². The zero-order chi connectivity index (χ0) is 10.6. The van der Waals surface area contributed by atoms with Crippen LogP contribution in [-0.2, 0) is 5.54 Å². The molecule has 5 heteroatoms. The molecule has 1 aliphatic rings. The van der Waals surface area contributed by atoms with Crippen molar-refractivity contribution in [3.05, 3.63) is 28.8 Å². The Morgan fingerprint density at radius 3 is 2.43 bits per heavy atom. The molecule has 0 amide bonds. The average molecular weight is 220 g/mol. The molecule has 0 bridgehead atoms. The first-order valence-corrected chi connectivity index (χ1v) is 4.40. The van der Waals surface area contributed by atoms with Gasteiger partial charge in [0.2, 0.25) is 0 Å². The fourth-order valence-corrected chi connectivity index (χ4v) is 1.81. The number of phenols is 1. The van der Waals surface area contributed by atoms with Gasteiger partial charge in [0.25, 0.3) is 5.92 Å². The maximum Gasteiger partial charge on any atom is 0.272 e. The summed E-state index contributed by atoms with van der Waals surface area (Å²) in [4.78, 5) is 0. The molecule has 1 fully saturated rings. The molecule has 1 unspecified atom stereocenters. The van der Waals surface area contributed by atoms with Crippen molar-refractivity contribution in [3.8, 4) is 5.75 Å². The number of aromatic hydroxyl groups is 1. The third-order valence-corrected chi connectivity index (χ3v) is 2.77. The summed E-state index contributed by atoms with van der Waals surface area (Å²) in [5.41, 5.74) is 4.01. The Hall–Kier alpha value is -0.870. The number of benzene rings is 1. The highest BCUT2D eigenvalue weighted by molar-refractivity contribution is 6.31. The van der Waals surface area contributed by atoms with Gasteiger partial charge in [0, 0.05) is 11.4 Å². The number of phenolic OH excluding ortho intramolecular Hbond substituents is 1. The quantitative estimate of drug-likeness (QED) is 0.761. The van der Waals surface area contributed by atoms with Crippen LogP contribution in [-0.4, -0.2) is 11.0 Å². The average Bonchev–Trinajstić information content (AvgIpc) is 2.50. The number of hydrogen-bond acceptors (Lipinski definition) is 2. The predicted molar refractivity (Wildman–Crippen MR) is 48.5 cm³/mol. The molecule has 76 valence electrons. The molecule has 1 aromatic rings. The number of alkyl halides is 2. The Morgan fingerprint density at radius 1 is 1.43 bits per heavy atom. The summed E-state index contributed by atoms with van der Waals surface area (Å²) in [6.45, 7) is 0. The van der Waals surface area contributed by atoms with Crippen molar-refractivity contribution < 1.29 is 13.9 Å². The molecule has 0 radical (unpaired) electrons. The molecule has 0 heterocycles. The molecule has 3 N–H and O–H groups in total. The fourth-order valence-electron chi connectivity index (χ4n) is 1.46. The van der Waals surface area contributed by atoms with Crippen LogP contribution in [0.2, 0.25) is 5.02 Å². The summed E-state index contributed by atoms with van der Waals surface area (Å²) in [7, 11) is 0. The van der Waals surface area contributed by atoms with Crippen molar-refractivity contribution in [3.63, 3.8) is 0 Å². The van der Waals surface area contributed by atoms with Gasteiger partial charge in [-0.3, -0.25) is 0 Å². The maximum atomic E-state index is 12.9. The lowest BCUT2D eigenvalue weighted by Crippen LogP contribution is -2.27. The maximum absolute atomic E-state index is 12.9. The van der Waals surface area contributed by atoms with Crippen molar-refractivity contribution in [1.82, 2.24) is 0 Å². The Bertz CT molecular complexity index is 396. The van der Waals surface area contributed by atoms with Crippen molar-refractivity contribution in [2.75, 3.05) is 0 Å². The third kappa shape index (κ3) is 1.18. The van der Waals surface area contributed by atoms with Gasteiger partial charge in [-0.2, -0.15) is 0 Å². The highest BCUT2D eigenvalue weighted by Gasteiger charge is 2.70. The minimum atomic E-state index is -2.90. The van der Waals surface area contributed by atoms with Crippen molar-refractivity contribution in [1.29, 1.82) is 0 Å². The van der Waals surface area contributed by atoms with E-state index in [1.807, 2.05) is 0 Å². The van der Waals surface area contributed by atoms with Crippen LogP contribution in [0.3, 0.4) is 0 Å². The lowest BCUT2D eigenvalue weighted by Gasteiger charge is -2.12. The summed E-state index contributed by atoms with van der Waals surface area (Å²) < 4.78 is 25.8. The van der Waals surface area contributed by atoms with E-state index in [9.17, 15) is 8.78 Å². The molecule has 14 heavy (non-hydrogen) atoms. The molecule has 0 saturated heterocycles. The van der Waals surface area contributed by atoms with E-state index >= 15 is 0 Å². The van der Waals surface area contributed by atoms with Crippen LogP contribution in [0, 0.1) is 0 Å². The molecule has 1 atom stereocenters. The van der Waals surface area contributed by atoms with Crippen LogP contribution in [0.15, 0.2) is 18.2 Å². The van der Waals surface area contributed by atoms with Gasteiger partial charge >= 0.3 is 0 Å². The summed E-state index contributed by atoms with van der Waals surface area (Å²) in [6, 6.07) is 3.84. The molecule has 2 rings (SSSR count). The fraction of sp³-hybridized carbons (Fsp3) is 0.333. The van der Waals surface area contributed by atoms with Gasteiger partial charge in [0.15, 0.2) is 0 Å². The first kappa shape index (κ1) is 9.68. The van der Waals surface area contributed by atoms with Crippen LogP contribution < -0.4 is 5.73 Å². The highest BCUT2D eigenvalue weighted by Crippen LogP contribution is 2.58. The van der Waals surface area contributed by atoms with Crippen molar-refractivity contribution in [2.24, 2.45) is 5.73 Å². The standard InChI is InChI=1S/C9H8ClF2NO/c10-7-3-5(14)1-2-6(7)8(13)4-9(8,11)12/h1-3,14H,4,13H2.